The Kier molecular flexibility index (Phi) is 8.75. The van der Waals surface area contributed by atoms with Crippen molar-refractivity contribution in [3.8, 4) is 23.3 Å². The highest BCUT2D eigenvalue weighted by atomic mass is 16.5. The third kappa shape index (κ3) is 6.66. The highest BCUT2D eigenvalue weighted by Crippen LogP contribution is 2.30. The fourth-order valence-corrected chi connectivity index (χ4v) is 3.32. The molecule has 0 bridgehead atoms. The number of ether oxygens (including phenoxy) is 3. The molecule has 0 aliphatic heterocycles. The molecular weight excluding hydrogens is 432 g/mol. The van der Waals surface area contributed by atoms with Gasteiger partial charge in [0.15, 0.2) is 11.5 Å². The van der Waals surface area contributed by atoms with Gasteiger partial charge in [-0.1, -0.05) is 24.3 Å². The van der Waals surface area contributed by atoms with Gasteiger partial charge >= 0.3 is 0 Å². The van der Waals surface area contributed by atoms with Gasteiger partial charge in [-0.15, -0.1) is 0 Å². The highest BCUT2D eigenvalue weighted by Gasteiger charge is 2.12. The second kappa shape index (κ2) is 12.2. The molecule has 7 nitrogen and oxygen atoms in total. The summed E-state index contributed by atoms with van der Waals surface area (Å²) in [5.41, 5.74) is 2.78. The minimum atomic E-state index is -0.485. The second-order valence-corrected chi connectivity index (χ2v) is 7.49. The molecule has 3 rings (SSSR count). The molecule has 1 aromatic heterocycles. The molecule has 34 heavy (non-hydrogen) atoms. The van der Waals surface area contributed by atoms with E-state index in [1.165, 1.54) is 12.3 Å². The second-order valence-electron chi connectivity index (χ2n) is 7.49. The van der Waals surface area contributed by atoms with Gasteiger partial charge < -0.3 is 23.9 Å². The number of benzene rings is 2. The van der Waals surface area contributed by atoms with E-state index in [0.717, 1.165) is 16.9 Å². The largest absolute Gasteiger partial charge is 0.490 e. The Morgan fingerprint density at radius 2 is 1.79 bits per heavy atom. The molecular formula is C27H28N2O5. The smallest absolute Gasteiger partial charge is 0.262 e. The first-order chi connectivity index (χ1) is 16.5. The molecule has 1 N–H and O–H groups in total. The zero-order valence-corrected chi connectivity index (χ0v) is 19.6. The Morgan fingerprint density at radius 3 is 2.47 bits per heavy atom. The van der Waals surface area contributed by atoms with E-state index in [0.29, 0.717) is 42.6 Å². The maximum absolute atomic E-state index is 12.4. The van der Waals surface area contributed by atoms with Crippen LogP contribution < -0.4 is 19.5 Å². The van der Waals surface area contributed by atoms with E-state index in [-0.39, 0.29) is 12.1 Å². The Bertz CT molecular complexity index is 1160. The molecule has 2 aromatic carbocycles. The summed E-state index contributed by atoms with van der Waals surface area (Å²) in [6.45, 7) is 7.25. The number of hydrogen-bond acceptors (Lipinski definition) is 6. The normalized spacial score (nSPS) is 10.9. The van der Waals surface area contributed by atoms with Crippen molar-refractivity contribution in [3.63, 3.8) is 0 Å². The number of nitriles is 1. The molecule has 0 fully saturated rings. The predicted octanol–water partition coefficient (Wildman–Crippen LogP) is 4.98. The van der Waals surface area contributed by atoms with Gasteiger partial charge in [0.05, 0.1) is 19.4 Å². The van der Waals surface area contributed by atoms with Crippen LogP contribution in [0, 0.1) is 25.2 Å². The van der Waals surface area contributed by atoms with Crippen LogP contribution in [0.1, 0.15) is 29.4 Å². The SMILES string of the molecule is CCOc1cc(C=C(C#N)C(=O)NCc2ccco2)ccc1OCCOc1c(C)cccc1C. The van der Waals surface area contributed by atoms with E-state index in [2.05, 4.69) is 5.32 Å². The summed E-state index contributed by atoms with van der Waals surface area (Å²) in [5, 5.41) is 12.1. The maximum Gasteiger partial charge on any atom is 0.262 e. The van der Waals surface area contributed by atoms with Gasteiger partial charge in [-0.3, -0.25) is 4.79 Å². The lowest BCUT2D eigenvalue weighted by Crippen LogP contribution is -2.23. The average molecular weight is 461 g/mol. The van der Waals surface area contributed by atoms with E-state index in [1.807, 2.05) is 45.0 Å². The van der Waals surface area contributed by atoms with Crippen LogP contribution in [0.5, 0.6) is 17.2 Å². The monoisotopic (exact) mass is 460 g/mol. The number of furan rings is 1. The predicted molar refractivity (Wildman–Crippen MR) is 129 cm³/mol. The van der Waals surface area contributed by atoms with Crippen molar-refractivity contribution in [2.75, 3.05) is 19.8 Å². The maximum atomic E-state index is 12.4. The van der Waals surface area contributed by atoms with E-state index in [9.17, 15) is 10.1 Å². The first kappa shape index (κ1) is 24.5. The number of nitrogens with one attached hydrogen (secondary N) is 1. The van der Waals surface area contributed by atoms with Gasteiger partial charge in [-0.05, 0) is 67.8 Å². The number of aryl methyl sites for hydroxylation is 2. The van der Waals surface area contributed by atoms with E-state index in [1.54, 1.807) is 30.3 Å². The van der Waals surface area contributed by atoms with Crippen LogP contribution in [0.15, 0.2) is 64.8 Å². The average Bonchev–Trinajstić information content (AvgIpc) is 3.35. The Morgan fingerprint density at radius 1 is 1.03 bits per heavy atom. The van der Waals surface area contributed by atoms with E-state index >= 15 is 0 Å². The molecule has 3 aromatic rings. The summed E-state index contributed by atoms with van der Waals surface area (Å²) < 4.78 is 22.7. The molecule has 176 valence electrons. The van der Waals surface area contributed by atoms with Crippen LogP contribution in [0.3, 0.4) is 0 Å². The van der Waals surface area contributed by atoms with Crippen molar-refractivity contribution >= 4 is 12.0 Å². The molecule has 0 spiro atoms. The molecule has 0 saturated carbocycles. The van der Waals surface area contributed by atoms with Crippen LogP contribution in [0.2, 0.25) is 0 Å². The molecule has 7 heteroatoms. The molecule has 1 amide bonds. The number of carbonyl (C=O) groups is 1. The van der Waals surface area contributed by atoms with Crippen molar-refractivity contribution in [2.24, 2.45) is 0 Å². The summed E-state index contributed by atoms with van der Waals surface area (Å²) in [7, 11) is 0. The van der Waals surface area contributed by atoms with Crippen LogP contribution in [0.4, 0.5) is 0 Å². The summed E-state index contributed by atoms with van der Waals surface area (Å²) in [5.74, 6) is 2.07. The summed E-state index contributed by atoms with van der Waals surface area (Å²) in [4.78, 5) is 12.4. The summed E-state index contributed by atoms with van der Waals surface area (Å²) in [6, 6.07) is 16.7. The molecule has 0 aliphatic carbocycles. The fourth-order valence-electron chi connectivity index (χ4n) is 3.32. The first-order valence-corrected chi connectivity index (χ1v) is 11.0. The van der Waals surface area contributed by atoms with E-state index in [4.69, 9.17) is 18.6 Å². The Hall–Kier alpha value is -4.18. The zero-order valence-electron chi connectivity index (χ0n) is 19.6. The molecule has 1 heterocycles. The molecule has 0 atom stereocenters. The summed E-state index contributed by atoms with van der Waals surface area (Å²) in [6.07, 6.45) is 3.03. The molecule has 0 unspecified atom stereocenters. The topological polar surface area (TPSA) is 93.7 Å². The van der Waals surface area contributed by atoms with Crippen LogP contribution in [0.25, 0.3) is 6.08 Å². The van der Waals surface area contributed by atoms with Gasteiger partial charge in [0, 0.05) is 0 Å². The van der Waals surface area contributed by atoms with Crippen molar-refractivity contribution in [1.29, 1.82) is 5.26 Å². The molecule has 0 radical (unpaired) electrons. The van der Waals surface area contributed by atoms with Crippen molar-refractivity contribution in [3.05, 3.63) is 82.8 Å². The Labute approximate surface area is 199 Å². The number of amides is 1. The van der Waals surface area contributed by atoms with Gasteiger partial charge in [0.25, 0.3) is 5.91 Å². The zero-order chi connectivity index (χ0) is 24.3. The first-order valence-electron chi connectivity index (χ1n) is 11.0. The van der Waals surface area contributed by atoms with Crippen molar-refractivity contribution < 1.29 is 23.4 Å². The highest BCUT2D eigenvalue weighted by molar-refractivity contribution is 6.01. The molecule has 0 saturated heterocycles. The minimum Gasteiger partial charge on any atom is -0.490 e. The quantitative estimate of drug-likeness (QED) is 0.247. The number of para-hydroxylation sites is 1. The summed E-state index contributed by atoms with van der Waals surface area (Å²) >= 11 is 0. The van der Waals surface area contributed by atoms with Gasteiger partial charge in [0.1, 0.15) is 36.4 Å². The van der Waals surface area contributed by atoms with Gasteiger partial charge in [0.2, 0.25) is 0 Å². The lowest BCUT2D eigenvalue weighted by Gasteiger charge is -2.15. The lowest BCUT2D eigenvalue weighted by molar-refractivity contribution is -0.117. The van der Waals surface area contributed by atoms with Crippen LogP contribution in [-0.4, -0.2) is 25.7 Å². The number of hydrogen-bond donors (Lipinski definition) is 1. The Balaban J connectivity index is 1.64. The van der Waals surface area contributed by atoms with Gasteiger partial charge in [-0.2, -0.15) is 5.26 Å². The lowest BCUT2D eigenvalue weighted by atomic mass is 10.1. The van der Waals surface area contributed by atoms with Gasteiger partial charge in [-0.25, -0.2) is 0 Å². The third-order valence-electron chi connectivity index (χ3n) is 4.94. The fraction of sp³-hybridized carbons (Fsp3) is 0.259. The van der Waals surface area contributed by atoms with Crippen LogP contribution >= 0.6 is 0 Å². The molecule has 0 aliphatic rings. The van der Waals surface area contributed by atoms with Crippen molar-refractivity contribution in [2.45, 2.75) is 27.3 Å². The van der Waals surface area contributed by atoms with Crippen LogP contribution in [-0.2, 0) is 11.3 Å². The number of carbonyl (C=O) groups excluding carboxylic acids is 1. The van der Waals surface area contributed by atoms with Crippen molar-refractivity contribution in [1.82, 2.24) is 5.32 Å². The standard InChI is InChI=1S/C27H28N2O5/c1-4-31-25-16-21(15-22(17-28)27(30)29-18-23-9-6-12-32-23)10-11-24(25)33-13-14-34-26-19(2)7-5-8-20(26)3/h5-12,15-16H,4,13-14,18H2,1-3H3,(H,29,30). The third-order valence-corrected chi connectivity index (χ3v) is 4.94. The minimum absolute atomic E-state index is 0.0235. The number of rotatable bonds is 11. The van der Waals surface area contributed by atoms with E-state index < -0.39 is 5.91 Å². The number of nitrogens with zero attached hydrogens (tertiary/aromatic N) is 1.